The molecule has 1 fully saturated rings. The van der Waals surface area contributed by atoms with Gasteiger partial charge in [0.15, 0.2) is 9.84 Å². The van der Waals surface area contributed by atoms with Crippen LogP contribution in [0.1, 0.15) is 49.7 Å². The number of aryl methyl sites for hydroxylation is 1. The van der Waals surface area contributed by atoms with E-state index in [0.717, 1.165) is 11.4 Å². The Morgan fingerprint density at radius 3 is 2.62 bits per heavy atom. The van der Waals surface area contributed by atoms with Gasteiger partial charge in [0.2, 0.25) is 0 Å². The molecule has 2 aromatic rings. The van der Waals surface area contributed by atoms with Gasteiger partial charge in [-0.15, -0.1) is 0 Å². The van der Waals surface area contributed by atoms with Crippen molar-refractivity contribution in [1.82, 2.24) is 4.98 Å². The summed E-state index contributed by atoms with van der Waals surface area (Å²) in [5, 5.41) is -0.568. The zero-order valence-electron chi connectivity index (χ0n) is 15.3. The van der Waals surface area contributed by atoms with Crippen LogP contribution in [0.5, 0.6) is 0 Å². The smallest absolute Gasteiger partial charge is 0.181 e. The summed E-state index contributed by atoms with van der Waals surface area (Å²) in [6.45, 7) is 5.10. The zero-order chi connectivity index (χ0) is 18.9. The monoisotopic (exact) mass is 377 g/mol. The minimum Gasteiger partial charge on any atom is -0.372 e. The standard InChI is InChI=1S/C20H24FNO3S/c1-14-6-4-9-18(22-14)19-13-17(10-11-25-19)26(23,24)16-8-5-7-15(12-16)20(2,3)21/h4-9,12,17,19H,10-11,13H2,1-3H3. The fraction of sp³-hybridized carbons (Fsp3) is 0.450. The van der Waals surface area contributed by atoms with E-state index in [-0.39, 0.29) is 11.0 Å². The van der Waals surface area contributed by atoms with Crippen LogP contribution in [0.3, 0.4) is 0 Å². The average Bonchev–Trinajstić information content (AvgIpc) is 2.61. The quantitative estimate of drug-likeness (QED) is 0.798. The number of alkyl halides is 1. The molecule has 2 heterocycles. The number of hydrogen-bond donors (Lipinski definition) is 0. The van der Waals surface area contributed by atoms with E-state index in [9.17, 15) is 12.8 Å². The van der Waals surface area contributed by atoms with Gasteiger partial charge in [-0.2, -0.15) is 0 Å². The number of halogens is 1. The van der Waals surface area contributed by atoms with E-state index in [1.165, 1.54) is 19.9 Å². The molecule has 0 amide bonds. The van der Waals surface area contributed by atoms with Crippen molar-refractivity contribution in [2.45, 2.75) is 55.5 Å². The molecule has 0 bridgehead atoms. The second-order valence-corrected chi connectivity index (χ2v) is 9.48. The summed E-state index contributed by atoms with van der Waals surface area (Å²) in [7, 11) is -3.57. The van der Waals surface area contributed by atoms with Gasteiger partial charge < -0.3 is 4.74 Å². The molecule has 0 N–H and O–H groups in total. The summed E-state index contributed by atoms with van der Waals surface area (Å²) in [5.74, 6) is 0. The fourth-order valence-electron chi connectivity index (χ4n) is 3.23. The highest BCUT2D eigenvalue weighted by molar-refractivity contribution is 7.92. The van der Waals surface area contributed by atoms with E-state index >= 15 is 0 Å². The zero-order valence-corrected chi connectivity index (χ0v) is 16.1. The minimum absolute atomic E-state index is 0.170. The van der Waals surface area contributed by atoms with E-state index in [2.05, 4.69) is 4.98 Å². The molecule has 26 heavy (non-hydrogen) atoms. The first kappa shape index (κ1) is 19.0. The molecule has 140 valence electrons. The van der Waals surface area contributed by atoms with Crippen LogP contribution in [0.4, 0.5) is 4.39 Å². The van der Waals surface area contributed by atoms with Gasteiger partial charge >= 0.3 is 0 Å². The van der Waals surface area contributed by atoms with Crippen LogP contribution < -0.4 is 0 Å². The Labute approximate surface area is 154 Å². The molecule has 2 atom stereocenters. The lowest BCUT2D eigenvalue weighted by Crippen LogP contribution is -2.31. The summed E-state index contributed by atoms with van der Waals surface area (Å²) in [6, 6.07) is 11.9. The molecule has 6 heteroatoms. The van der Waals surface area contributed by atoms with Gasteiger partial charge in [-0.05, 0) is 63.4 Å². The third-order valence-corrected chi connectivity index (χ3v) is 6.98. The normalized spacial score (nSPS) is 21.5. The molecule has 1 saturated heterocycles. The van der Waals surface area contributed by atoms with Gasteiger partial charge in [0.25, 0.3) is 0 Å². The fourth-order valence-corrected chi connectivity index (χ4v) is 5.01. The van der Waals surface area contributed by atoms with Crippen LogP contribution in [0.15, 0.2) is 47.4 Å². The highest BCUT2D eigenvalue weighted by Gasteiger charge is 2.35. The summed E-state index contributed by atoms with van der Waals surface area (Å²) in [5.41, 5.74) is 0.398. The van der Waals surface area contributed by atoms with E-state index in [1.54, 1.807) is 18.2 Å². The largest absolute Gasteiger partial charge is 0.372 e. The number of sulfone groups is 1. The molecule has 1 aliphatic rings. The summed E-state index contributed by atoms with van der Waals surface area (Å²) < 4.78 is 46.2. The Hall–Kier alpha value is -1.79. The van der Waals surface area contributed by atoms with Gasteiger partial charge in [0, 0.05) is 12.3 Å². The molecular formula is C20H24FNO3S. The Morgan fingerprint density at radius 2 is 1.92 bits per heavy atom. The highest BCUT2D eigenvalue weighted by atomic mass is 32.2. The first-order chi connectivity index (χ1) is 12.2. The molecule has 1 aliphatic heterocycles. The lowest BCUT2D eigenvalue weighted by Gasteiger charge is -2.29. The first-order valence-electron chi connectivity index (χ1n) is 8.76. The Bertz CT molecular complexity index is 890. The van der Waals surface area contributed by atoms with E-state index < -0.39 is 20.8 Å². The van der Waals surface area contributed by atoms with Crippen molar-refractivity contribution in [3.8, 4) is 0 Å². The van der Waals surface area contributed by atoms with Crippen LogP contribution >= 0.6 is 0 Å². The lowest BCUT2D eigenvalue weighted by molar-refractivity contribution is 0.0139. The van der Waals surface area contributed by atoms with Crippen molar-refractivity contribution in [1.29, 1.82) is 0 Å². The molecule has 0 spiro atoms. The third-order valence-electron chi connectivity index (χ3n) is 4.76. The summed E-state index contributed by atoms with van der Waals surface area (Å²) >= 11 is 0. The van der Waals surface area contributed by atoms with Gasteiger partial charge in [-0.1, -0.05) is 18.2 Å². The van der Waals surface area contributed by atoms with Gasteiger partial charge in [0.1, 0.15) is 11.8 Å². The minimum atomic E-state index is -3.57. The Morgan fingerprint density at radius 1 is 1.19 bits per heavy atom. The van der Waals surface area contributed by atoms with Crippen LogP contribution in [0.2, 0.25) is 0 Å². The molecule has 1 aromatic heterocycles. The highest BCUT2D eigenvalue weighted by Crippen LogP contribution is 2.34. The number of rotatable bonds is 4. The number of hydrogen-bond acceptors (Lipinski definition) is 4. The molecule has 0 radical (unpaired) electrons. The van der Waals surface area contributed by atoms with Crippen molar-refractivity contribution in [3.63, 3.8) is 0 Å². The van der Waals surface area contributed by atoms with Crippen LogP contribution in [0, 0.1) is 6.92 Å². The molecule has 1 aromatic carbocycles. The summed E-state index contributed by atoms with van der Waals surface area (Å²) in [4.78, 5) is 4.63. The third kappa shape index (κ3) is 3.96. The topological polar surface area (TPSA) is 56.3 Å². The maximum absolute atomic E-state index is 14.2. The molecular weight excluding hydrogens is 353 g/mol. The molecule has 2 unspecified atom stereocenters. The van der Waals surface area contributed by atoms with Gasteiger partial charge in [-0.25, -0.2) is 12.8 Å². The van der Waals surface area contributed by atoms with Crippen molar-refractivity contribution >= 4 is 9.84 Å². The van der Waals surface area contributed by atoms with E-state index in [4.69, 9.17) is 4.74 Å². The SMILES string of the molecule is Cc1cccc(C2CC(S(=O)(=O)c3cccc(C(C)(C)F)c3)CCO2)n1. The predicted octanol–water partition coefficient (Wildman–Crippen LogP) is 4.29. The van der Waals surface area contributed by atoms with E-state index in [0.29, 0.717) is 25.0 Å². The second kappa shape index (κ2) is 7.08. The number of benzene rings is 1. The molecule has 0 saturated carbocycles. The average molecular weight is 377 g/mol. The van der Waals surface area contributed by atoms with Crippen LogP contribution in [-0.2, 0) is 20.2 Å². The van der Waals surface area contributed by atoms with Crippen molar-refractivity contribution in [3.05, 3.63) is 59.4 Å². The predicted molar refractivity (Wildman–Crippen MR) is 98.5 cm³/mol. The second-order valence-electron chi connectivity index (χ2n) is 7.25. The number of nitrogens with zero attached hydrogens (tertiary/aromatic N) is 1. The van der Waals surface area contributed by atoms with Crippen LogP contribution in [0.25, 0.3) is 0 Å². The maximum atomic E-state index is 14.2. The maximum Gasteiger partial charge on any atom is 0.181 e. The first-order valence-corrected chi connectivity index (χ1v) is 10.3. The number of ether oxygens (including phenoxy) is 1. The van der Waals surface area contributed by atoms with Gasteiger partial charge in [-0.3, -0.25) is 4.98 Å². The Kier molecular flexibility index (Phi) is 5.17. The van der Waals surface area contributed by atoms with Crippen molar-refractivity contribution in [2.75, 3.05) is 6.61 Å². The van der Waals surface area contributed by atoms with Crippen molar-refractivity contribution < 1.29 is 17.5 Å². The summed E-state index contributed by atoms with van der Waals surface area (Å²) in [6.07, 6.45) is 0.430. The number of pyridine rings is 1. The molecule has 0 aliphatic carbocycles. The van der Waals surface area contributed by atoms with Crippen LogP contribution in [-0.4, -0.2) is 25.3 Å². The molecule has 3 rings (SSSR count). The Balaban J connectivity index is 1.88. The number of aromatic nitrogens is 1. The van der Waals surface area contributed by atoms with E-state index in [1.807, 2.05) is 25.1 Å². The lowest BCUT2D eigenvalue weighted by atomic mass is 10.0. The molecule has 4 nitrogen and oxygen atoms in total. The van der Waals surface area contributed by atoms with Gasteiger partial charge in [0.05, 0.1) is 15.8 Å². The van der Waals surface area contributed by atoms with Crippen molar-refractivity contribution in [2.24, 2.45) is 0 Å².